The van der Waals surface area contributed by atoms with Gasteiger partial charge in [0.25, 0.3) is 0 Å². The number of hydrogen-bond donors (Lipinski definition) is 1. The minimum absolute atomic E-state index is 0.00728. The molecular formula is C10H16F3N3S. The van der Waals surface area contributed by atoms with Crippen molar-refractivity contribution in [3.8, 4) is 0 Å². The molecule has 0 aromatic carbocycles. The summed E-state index contributed by atoms with van der Waals surface area (Å²) in [6, 6.07) is 0. The van der Waals surface area contributed by atoms with Gasteiger partial charge in [-0.2, -0.15) is 18.3 Å². The first-order chi connectivity index (χ1) is 7.94. The predicted octanol–water partition coefficient (Wildman–Crippen LogP) is 2.55. The van der Waals surface area contributed by atoms with E-state index in [1.807, 2.05) is 13.8 Å². The summed E-state index contributed by atoms with van der Waals surface area (Å²) in [6.07, 6.45) is 1.70. The Hall–Kier alpha value is -0.690. The highest BCUT2D eigenvalue weighted by Crippen LogP contribution is 2.30. The molecule has 0 aliphatic carbocycles. The number of nitrogens with one attached hydrogen (secondary N) is 1. The maximum Gasteiger partial charge on any atom is 0.441 e. The highest BCUT2D eigenvalue weighted by molar-refractivity contribution is 8.00. The number of halogens is 3. The molecule has 0 unspecified atom stereocenters. The first kappa shape index (κ1) is 14.4. The van der Waals surface area contributed by atoms with Crippen LogP contribution in [0.15, 0.2) is 6.20 Å². The zero-order valence-corrected chi connectivity index (χ0v) is 10.7. The Kier molecular flexibility index (Phi) is 5.32. The number of aromatic nitrogens is 2. The molecular weight excluding hydrogens is 251 g/mol. The number of aryl methyl sites for hydroxylation is 1. The van der Waals surface area contributed by atoms with Gasteiger partial charge < -0.3 is 5.32 Å². The third-order valence-electron chi connectivity index (χ3n) is 2.34. The highest BCUT2D eigenvalue weighted by atomic mass is 32.2. The topological polar surface area (TPSA) is 29.9 Å². The Bertz CT molecular complexity index is 349. The molecule has 98 valence electrons. The quantitative estimate of drug-likeness (QED) is 0.859. The molecule has 1 aromatic rings. The van der Waals surface area contributed by atoms with Gasteiger partial charge in [0.2, 0.25) is 0 Å². The highest BCUT2D eigenvalue weighted by Gasteiger charge is 2.27. The van der Waals surface area contributed by atoms with Crippen LogP contribution in [0.1, 0.15) is 18.2 Å². The van der Waals surface area contributed by atoms with Crippen LogP contribution in [-0.4, -0.2) is 27.6 Å². The summed E-state index contributed by atoms with van der Waals surface area (Å²) in [4.78, 5) is 0. The fourth-order valence-corrected chi connectivity index (χ4v) is 1.89. The van der Waals surface area contributed by atoms with Gasteiger partial charge in [0.1, 0.15) is 0 Å². The maximum atomic E-state index is 12.0. The Morgan fingerprint density at radius 2 is 2.18 bits per heavy atom. The van der Waals surface area contributed by atoms with Crippen LogP contribution < -0.4 is 5.32 Å². The lowest BCUT2D eigenvalue weighted by molar-refractivity contribution is -0.0328. The Labute approximate surface area is 103 Å². The van der Waals surface area contributed by atoms with E-state index in [9.17, 15) is 13.2 Å². The molecule has 0 fully saturated rings. The fraction of sp³-hybridized carbons (Fsp3) is 0.700. The minimum Gasteiger partial charge on any atom is -0.313 e. The van der Waals surface area contributed by atoms with Crippen LogP contribution in [0.2, 0.25) is 0 Å². The summed E-state index contributed by atoms with van der Waals surface area (Å²) in [6.45, 7) is 5.71. The van der Waals surface area contributed by atoms with E-state index in [0.29, 0.717) is 6.54 Å². The molecule has 1 heterocycles. The Balaban J connectivity index is 2.46. The van der Waals surface area contributed by atoms with Crippen molar-refractivity contribution in [1.29, 1.82) is 0 Å². The zero-order chi connectivity index (χ0) is 12.9. The Morgan fingerprint density at radius 1 is 1.47 bits per heavy atom. The maximum absolute atomic E-state index is 12.0. The number of thioether (sulfide) groups is 1. The van der Waals surface area contributed by atoms with Crippen LogP contribution in [0.5, 0.6) is 0 Å². The third-order valence-corrected chi connectivity index (χ3v) is 3.05. The summed E-state index contributed by atoms with van der Waals surface area (Å²) in [5.74, 6) is -0.00728. The molecule has 0 saturated heterocycles. The number of rotatable bonds is 6. The van der Waals surface area contributed by atoms with E-state index in [-0.39, 0.29) is 24.1 Å². The lowest BCUT2D eigenvalue weighted by Gasteiger charge is -2.07. The molecule has 1 aromatic heterocycles. The monoisotopic (exact) mass is 267 g/mol. The van der Waals surface area contributed by atoms with Crippen molar-refractivity contribution >= 4 is 11.8 Å². The van der Waals surface area contributed by atoms with Gasteiger partial charge in [-0.3, -0.25) is 4.68 Å². The third kappa shape index (κ3) is 4.99. The molecule has 0 atom stereocenters. The predicted molar refractivity (Wildman–Crippen MR) is 62.9 cm³/mol. The molecule has 0 aliphatic rings. The molecule has 0 amide bonds. The average molecular weight is 267 g/mol. The lowest BCUT2D eigenvalue weighted by Crippen LogP contribution is -2.13. The van der Waals surface area contributed by atoms with Gasteiger partial charge >= 0.3 is 5.51 Å². The number of alkyl halides is 3. The molecule has 1 rings (SSSR count). The van der Waals surface area contributed by atoms with Crippen molar-refractivity contribution in [2.24, 2.45) is 0 Å². The molecule has 17 heavy (non-hydrogen) atoms. The Morgan fingerprint density at radius 3 is 2.76 bits per heavy atom. The van der Waals surface area contributed by atoms with Crippen LogP contribution in [0.4, 0.5) is 13.2 Å². The SMILES string of the molecule is CCNCc1cnn(CCSC(F)(F)F)c1C. The van der Waals surface area contributed by atoms with Gasteiger partial charge in [-0.25, -0.2) is 0 Å². The first-order valence-corrected chi connectivity index (χ1v) is 6.35. The van der Waals surface area contributed by atoms with E-state index < -0.39 is 5.51 Å². The van der Waals surface area contributed by atoms with E-state index in [1.165, 1.54) is 0 Å². The van der Waals surface area contributed by atoms with Crippen molar-refractivity contribution in [2.45, 2.75) is 32.4 Å². The van der Waals surface area contributed by atoms with Gasteiger partial charge in [-0.1, -0.05) is 6.92 Å². The summed E-state index contributed by atoms with van der Waals surface area (Å²) in [5, 5.41) is 7.24. The van der Waals surface area contributed by atoms with Crippen LogP contribution in [0.3, 0.4) is 0 Å². The van der Waals surface area contributed by atoms with E-state index >= 15 is 0 Å². The van der Waals surface area contributed by atoms with E-state index in [0.717, 1.165) is 17.8 Å². The molecule has 0 radical (unpaired) electrons. The average Bonchev–Trinajstić information content (AvgIpc) is 2.56. The van der Waals surface area contributed by atoms with Crippen molar-refractivity contribution in [1.82, 2.24) is 15.1 Å². The van der Waals surface area contributed by atoms with Crippen LogP contribution in [-0.2, 0) is 13.1 Å². The summed E-state index contributed by atoms with van der Waals surface area (Å²) in [7, 11) is 0. The second-order valence-electron chi connectivity index (χ2n) is 3.55. The lowest BCUT2D eigenvalue weighted by atomic mass is 10.2. The molecule has 1 N–H and O–H groups in total. The molecule has 0 bridgehead atoms. The smallest absolute Gasteiger partial charge is 0.313 e. The number of nitrogens with zero attached hydrogens (tertiary/aromatic N) is 2. The van der Waals surface area contributed by atoms with Gasteiger partial charge in [-0.05, 0) is 25.2 Å². The van der Waals surface area contributed by atoms with Crippen LogP contribution in [0, 0.1) is 6.92 Å². The molecule has 0 aliphatic heterocycles. The van der Waals surface area contributed by atoms with Gasteiger partial charge in [-0.15, -0.1) is 0 Å². The minimum atomic E-state index is -4.16. The summed E-state index contributed by atoms with van der Waals surface area (Å²) in [5.41, 5.74) is -2.20. The van der Waals surface area contributed by atoms with Crippen LogP contribution >= 0.6 is 11.8 Å². The summed E-state index contributed by atoms with van der Waals surface area (Å²) >= 11 is -0.0122. The fourth-order valence-electron chi connectivity index (χ4n) is 1.39. The molecule has 0 spiro atoms. The number of hydrogen-bond acceptors (Lipinski definition) is 3. The summed E-state index contributed by atoms with van der Waals surface area (Å²) < 4.78 is 37.5. The van der Waals surface area contributed by atoms with Crippen molar-refractivity contribution < 1.29 is 13.2 Å². The van der Waals surface area contributed by atoms with E-state index in [2.05, 4.69) is 10.4 Å². The molecule has 7 heteroatoms. The van der Waals surface area contributed by atoms with Gasteiger partial charge in [0, 0.05) is 23.6 Å². The van der Waals surface area contributed by atoms with E-state index in [1.54, 1.807) is 10.9 Å². The van der Waals surface area contributed by atoms with Gasteiger partial charge in [0.05, 0.1) is 12.7 Å². The normalized spacial score (nSPS) is 12.1. The van der Waals surface area contributed by atoms with Gasteiger partial charge in [0.15, 0.2) is 0 Å². The molecule has 0 saturated carbocycles. The second kappa shape index (κ2) is 6.30. The van der Waals surface area contributed by atoms with E-state index in [4.69, 9.17) is 0 Å². The van der Waals surface area contributed by atoms with Crippen LogP contribution in [0.25, 0.3) is 0 Å². The first-order valence-electron chi connectivity index (χ1n) is 5.36. The largest absolute Gasteiger partial charge is 0.441 e. The molecule has 3 nitrogen and oxygen atoms in total. The van der Waals surface area contributed by atoms with Crippen molar-refractivity contribution in [3.63, 3.8) is 0 Å². The van der Waals surface area contributed by atoms with Crippen molar-refractivity contribution in [2.75, 3.05) is 12.3 Å². The van der Waals surface area contributed by atoms with Crippen molar-refractivity contribution in [3.05, 3.63) is 17.5 Å². The second-order valence-corrected chi connectivity index (χ2v) is 4.71. The standard InChI is InChI=1S/C10H16F3N3S/c1-3-14-6-9-7-15-16(8(9)2)4-5-17-10(11,12)13/h7,14H,3-6H2,1-2H3. The zero-order valence-electron chi connectivity index (χ0n) is 9.84.